The summed E-state index contributed by atoms with van der Waals surface area (Å²) >= 11 is 0. The molecule has 1 rings (SSSR count). The Hall–Kier alpha value is -0.120. The second-order valence-corrected chi connectivity index (χ2v) is 5.90. The SMILES string of the molecule is CC(C)C1CCCC(NCC(C)(O)CO)C1. The van der Waals surface area contributed by atoms with Gasteiger partial charge in [0.2, 0.25) is 0 Å². The Morgan fingerprint density at radius 1 is 1.38 bits per heavy atom. The predicted octanol–water partition coefficient (Wildman–Crippen LogP) is 1.53. The van der Waals surface area contributed by atoms with Gasteiger partial charge in [-0.2, -0.15) is 0 Å². The Kier molecular flexibility index (Phi) is 5.22. The van der Waals surface area contributed by atoms with Crippen LogP contribution in [-0.4, -0.2) is 35.0 Å². The van der Waals surface area contributed by atoms with Crippen molar-refractivity contribution in [3.05, 3.63) is 0 Å². The molecular formula is C13H27NO2. The van der Waals surface area contributed by atoms with Crippen LogP contribution in [0.2, 0.25) is 0 Å². The molecule has 0 aromatic carbocycles. The summed E-state index contributed by atoms with van der Waals surface area (Å²) in [6, 6.07) is 0.513. The van der Waals surface area contributed by atoms with E-state index in [0.717, 1.165) is 11.8 Å². The number of nitrogens with one attached hydrogen (secondary N) is 1. The smallest absolute Gasteiger partial charge is 0.0972 e. The van der Waals surface area contributed by atoms with Crippen LogP contribution in [0.5, 0.6) is 0 Å². The number of aliphatic hydroxyl groups is 2. The normalized spacial score (nSPS) is 30.4. The summed E-state index contributed by atoms with van der Waals surface area (Å²) in [5.74, 6) is 1.56. The monoisotopic (exact) mass is 229 g/mol. The zero-order valence-corrected chi connectivity index (χ0v) is 10.9. The van der Waals surface area contributed by atoms with Crippen molar-refractivity contribution in [2.75, 3.05) is 13.2 Å². The van der Waals surface area contributed by atoms with Crippen LogP contribution < -0.4 is 5.32 Å². The highest BCUT2D eigenvalue weighted by atomic mass is 16.3. The van der Waals surface area contributed by atoms with E-state index in [4.69, 9.17) is 5.11 Å². The minimum absolute atomic E-state index is 0.180. The average molecular weight is 229 g/mol. The lowest BCUT2D eigenvalue weighted by molar-refractivity contribution is -0.00102. The van der Waals surface area contributed by atoms with Gasteiger partial charge in [0.15, 0.2) is 0 Å². The van der Waals surface area contributed by atoms with Crippen LogP contribution >= 0.6 is 0 Å². The van der Waals surface area contributed by atoms with E-state index in [-0.39, 0.29) is 6.61 Å². The van der Waals surface area contributed by atoms with Crippen molar-refractivity contribution in [2.24, 2.45) is 11.8 Å². The summed E-state index contributed by atoms with van der Waals surface area (Å²) in [5.41, 5.74) is -0.981. The molecule has 16 heavy (non-hydrogen) atoms. The van der Waals surface area contributed by atoms with Crippen LogP contribution in [0, 0.1) is 11.8 Å². The van der Waals surface area contributed by atoms with Crippen molar-refractivity contribution in [3.8, 4) is 0 Å². The second-order valence-electron chi connectivity index (χ2n) is 5.90. The van der Waals surface area contributed by atoms with Gasteiger partial charge in [-0.1, -0.05) is 26.7 Å². The zero-order chi connectivity index (χ0) is 12.2. The fraction of sp³-hybridized carbons (Fsp3) is 1.00. The Labute approximate surface area is 99.3 Å². The molecule has 1 aliphatic rings. The van der Waals surface area contributed by atoms with E-state index in [0.29, 0.717) is 12.6 Å². The first kappa shape index (κ1) is 13.9. The lowest BCUT2D eigenvalue weighted by atomic mass is 9.79. The maximum Gasteiger partial charge on any atom is 0.0972 e. The third kappa shape index (κ3) is 4.40. The molecule has 0 aromatic rings. The summed E-state index contributed by atoms with van der Waals surface area (Å²) in [6.07, 6.45) is 5.03. The van der Waals surface area contributed by atoms with Crippen LogP contribution in [0.1, 0.15) is 46.5 Å². The van der Waals surface area contributed by atoms with E-state index in [2.05, 4.69) is 19.2 Å². The molecule has 0 aliphatic heterocycles. The quantitative estimate of drug-likeness (QED) is 0.670. The minimum Gasteiger partial charge on any atom is -0.393 e. The molecular weight excluding hydrogens is 202 g/mol. The third-order valence-corrected chi connectivity index (χ3v) is 3.77. The summed E-state index contributed by atoms with van der Waals surface area (Å²) in [4.78, 5) is 0. The first-order valence-corrected chi connectivity index (χ1v) is 6.51. The van der Waals surface area contributed by atoms with Gasteiger partial charge in [-0.15, -0.1) is 0 Å². The molecule has 1 aliphatic carbocycles. The summed E-state index contributed by atoms with van der Waals surface area (Å²) in [5, 5.41) is 22.1. The predicted molar refractivity (Wildman–Crippen MR) is 66.3 cm³/mol. The molecule has 0 heterocycles. The lowest BCUT2D eigenvalue weighted by Gasteiger charge is -2.34. The van der Waals surface area contributed by atoms with Gasteiger partial charge in [-0.3, -0.25) is 0 Å². The largest absolute Gasteiger partial charge is 0.393 e. The number of hydrogen-bond acceptors (Lipinski definition) is 3. The van der Waals surface area contributed by atoms with Crippen molar-refractivity contribution in [3.63, 3.8) is 0 Å². The molecule has 3 nitrogen and oxygen atoms in total. The Morgan fingerprint density at radius 3 is 2.62 bits per heavy atom. The molecule has 0 saturated heterocycles. The first-order chi connectivity index (χ1) is 7.44. The van der Waals surface area contributed by atoms with Crippen molar-refractivity contribution in [1.29, 1.82) is 0 Å². The van der Waals surface area contributed by atoms with Crippen molar-refractivity contribution in [2.45, 2.75) is 58.1 Å². The number of rotatable bonds is 5. The zero-order valence-electron chi connectivity index (χ0n) is 10.9. The highest BCUT2D eigenvalue weighted by molar-refractivity contribution is 4.83. The third-order valence-electron chi connectivity index (χ3n) is 3.77. The van der Waals surface area contributed by atoms with Crippen LogP contribution in [0.25, 0.3) is 0 Å². The van der Waals surface area contributed by atoms with Gasteiger partial charge >= 0.3 is 0 Å². The van der Waals surface area contributed by atoms with E-state index in [9.17, 15) is 5.11 Å². The summed E-state index contributed by atoms with van der Waals surface area (Å²) in [6.45, 7) is 6.55. The van der Waals surface area contributed by atoms with E-state index in [1.165, 1.54) is 25.7 Å². The second kappa shape index (κ2) is 5.99. The van der Waals surface area contributed by atoms with Crippen LogP contribution in [-0.2, 0) is 0 Å². The standard InChI is InChI=1S/C13H27NO2/c1-10(2)11-5-4-6-12(7-11)14-8-13(3,16)9-15/h10-12,14-16H,4-9H2,1-3H3. The Balaban J connectivity index is 2.32. The van der Waals surface area contributed by atoms with Crippen LogP contribution in [0.15, 0.2) is 0 Å². The minimum atomic E-state index is -0.981. The van der Waals surface area contributed by atoms with E-state index < -0.39 is 5.60 Å². The van der Waals surface area contributed by atoms with Crippen molar-refractivity contribution < 1.29 is 10.2 Å². The van der Waals surface area contributed by atoms with Gasteiger partial charge in [-0.05, 0) is 31.6 Å². The van der Waals surface area contributed by atoms with E-state index in [1.807, 2.05) is 0 Å². The fourth-order valence-electron chi connectivity index (χ4n) is 2.44. The first-order valence-electron chi connectivity index (χ1n) is 6.51. The lowest BCUT2D eigenvalue weighted by Crippen LogP contribution is -2.46. The Bertz CT molecular complexity index is 204. The molecule has 1 saturated carbocycles. The molecule has 0 spiro atoms. The molecule has 3 N–H and O–H groups in total. The molecule has 3 unspecified atom stereocenters. The molecule has 0 aromatic heterocycles. The van der Waals surface area contributed by atoms with E-state index >= 15 is 0 Å². The number of hydrogen-bond donors (Lipinski definition) is 3. The molecule has 3 heteroatoms. The molecule has 0 radical (unpaired) electrons. The van der Waals surface area contributed by atoms with Crippen LogP contribution in [0.3, 0.4) is 0 Å². The molecule has 0 bridgehead atoms. The van der Waals surface area contributed by atoms with Gasteiger partial charge in [-0.25, -0.2) is 0 Å². The molecule has 3 atom stereocenters. The summed E-state index contributed by atoms with van der Waals surface area (Å²) in [7, 11) is 0. The molecule has 0 amide bonds. The van der Waals surface area contributed by atoms with Gasteiger partial charge < -0.3 is 15.5 Å². The maximum absolute atomic E-state index is 9.72. The van der Waals surface area contributed by atoms with Gasteiger partial charge in [0.25, 0.3) is 0 Å². The summed E-state index contributed by atoms with van der Waals surface area (Å²) < 4.78 is 0. The van der Waals surface area contributed by atoms with Crippen molar-refractivity contribution >= 4 is 0 Å². The Morgan fingerprint density at radius 2 is 2.06 bits per heavy atom. The van der Waals surface area contributed by atoms with E-state index in [1.54, 1.807) is 6.92 Å². The van der Waals surface area contributed by atoms with Crippen LogP contribution in [0.4, 0.5) is 0 Å². The highest BCUT2D eigenvalue weighted by Crippen LogP contribution is 2.29. The van der Waals surface area contributed by atoms with Crippen molar-refractivity contribution in [1.82, 2.24) is 5.32 Å². The van der Waals surface area contributed by atoms with Gasteiger partial charge in [0.05, 0.1) is 12.2 Å². The highest BCUT2D eigenvalue weighted by Gasteiger charge is 2.26. The maximum atomic E-state index is 9.72. The molecule has 96 valence electrons. The molecule has 1 fully saturated rings. The number of aliphatic hydroxyl groups excluding tert-OH is 1. The van der Waals surface area contributed by atoms with Gasteiger partial charge in [0.1, 0.15) is 0 Å². The average Bonchev–Trinajstić information content (AvgIpc) is 2.27. The fourth-order valence-corrected chi connectivity index (χ4v) is 2.44. The topological polar surface area (TPSA) is 52.5 Å². The van der Waals surface area contributed by atoms with Gasteiger partial charge in [0, 0.05) is 12.6 Å².